The first-order valence-electron chi connectivity index (χ1n) is 5.62. The number of nitrogens with zero attached hydrogens (tertiary/aromatic N) is 1. The van der Waals surface area contributed by atoms with Gasteiger partial charge < -0.3 is 10.4 Å². The van der Waals surface area contributed by atoms with E-state index in [9.17, 15) is 5.11 Å². The standard InChI is InChI=1S/C12H17BrN2O.ClH/c13-11-3-1-10(2-4-11)12(9-16)15-7-5-14-6-8-15;/h1-4,12,14,16H,5-9H2;1H/t12-;/m0./s1. The van der Waals surface area contributed by atoms with Gasteiger partial charge in [0.05, 0.1) is 12.6 Å². The zero-order valence-corrected chi connectivity index (χ0v) is 12.0. The number of hydrogen-bond donors (Lipinski definition) is 2. The molecule has 0 aliphatic carbocycles. The molecular formula is C12H18BrClN2O. The number of nitrogens with one attached hydrogen (secondary N) is 1. The van der Waals surface area contributed by atoms with Crippen LogP contribution in [-0.2, 0) is 0 Å². The van der Waals surface area contributed by atoms with Gasteiger partial charge in [0.1, 0.15) is 0 Å². The van der Waals surface area contributed by atoms with Crippen molar-refractivity contribution >= 4 is 28.3 Å². The van der Waals surface area contributed by atoms with Crippen molar-refractivity contribution in [2.75, 3.05) is 32.8 Å². The van der Waals surface area contributed by atoms with Gasteiger partial charge in [-0.2, -0.15) is 0 Å². The molecule has 5 heteroatoms. The lowest BCUT2D eigenvalue weighted by Gasteiger charge is -2.34. The van der Waals surface area contributed by atoms with Crippen molar-refractivity contribution in [3.8, 4) is 0 Å². The molecule has 0 amide bonds. The lowest BCUT2D eigenvalue weighted by molar-refractivity contribution is 0.111. The molecule has 1 aromatic carbocycles. The molecule has 1 atom stereocenters. The van der Waals surface area contributed by atoms with Crippen LogP contribution in [0.4, 0.5) is 0 Å². The van der Waals surface area contributed by atoms with Crippen LogP contribution < -0.4 is 5.32 Å². The molecule has 3 nitrogen and oxygen atoms in total. The van der Waals surface area contributed by atoms with Gasteiger partial charge in [-0.1, -0.05) is 28.1 Å². The highest BCUT2D eigenvalue weighted by Crippen LogP contribution is 2.22. The number of rotatable bonds is 3. The molecule has 0 aromatic heterocycles. The first-order valence-corrected chi connectivity index (χ1v) is 6.41. The van der Waals surface area contributed by atoms with E-state index >= 15 is 0 Å². The van der Waals surface area contributed by atoms with E-state index in [1.807, 2.05) is 12.1 Å². The third-order valence-corrected chi connectivity index (χ3v) is 3.55. The van der Waals surface area contributed by atoms with Gasteiger partial charge in [-0.05, 0) is 17.7 Å². The van der Waals surface area contributed by atoms with Crippen LogP contribution >= 0.6 is 28.3 Å². The van der Waals surface area contributed by atoms with Gasteiger partial charge in [0.15, 0.2) is 0 Å². The van der Waals surface area contributed by atoms with Gasteiger partial charge in [-0.25, -0.2) is 0 Å². The number of aliphatic hydroxyl groups is 1. The second kappa shape index (κ2) is 7.34. The molecule has 2 rings (SSSR count). The van der Waals surface area contributed by atoms with E-state index in [1.165, 1.54) is 5.56 Å². The van der Waals surface area contributed by atoms with Crippen LogP contribution in [0.15, 0.2) is 28.7 Å². The van der Waals surface area contributed by atoms with Gasteiger partial charge in [-0.15, -0.1) is 12.4 Å². The van der Waals surface area contributed by atoms with Crippen molar-refractivity contribution in [2.24, 2.45) is 0 Å². The molecule has 96 valence electrons. The maximum Gasteiger partial charge on any atom is 0.0628 e. The molecule has 0 saturated carbocycles. The number of piperazine rings is 1. The minimum atomic E-state index is 0. The highest BCUT2D eigenvalue weighted by Gasteiger charge is 2.20. The van der Waals surface area contributed by atoms with Crippen molar-refractivity contribution < 1.29 is 5.11 Å². The maximum absolute atomic E-state index is 9.53. The van der Waals surface area contributed by atoms with Crippen molar-refractivity contribution in [3.63, 3.8) is 0 Å². The number of benzene rings is 1. The van der Waals surface area contributed by atoms with Gasteiger partial charge in [0.2, 0.25) is 0 Å². The van der Waals surface area contributed by atoms with Crippen LogP contribution in [0.2, 0.25) is 0 Å². The molecule has 2 N–H and O–H groups in total. The van der Waals surface area contributed by atoms with Crippen molar-refractivity contribution in [1.82, 2.24) is 10.2 Å². The second-order valence-electron chi connectivity index (χ2n) is 4.04. The van der Waals surface area contributed by atoms with Crippen LogP contribution in [0, 0.1) is 0 Å². The fourth-order valence-electron chi connectivity index (χ4n) is 2.11. The summed E-state index contributed by atoms with van der Waals surface area (Å²) in [5.74, 6) is 0. The average molecular weight is 322 g/mol. The topological polar surface area (TPSA) is 35.5 Å². The Morgan fingerprint density at radius 3 is 2.35 bits per heavy atom. The van der Waals surface area contributed by atoms with Gasteiger partial charge in [-0.3, -0.25) is 4.90 Å². The first kappa shape index (κ1) is 14.9. The SMILES string of the molecule is Cl.OC[C@@H](c1ccc(Br)cc1)N1CCNCC1. The molecule has 1 fully saturated rings. The molecule has 17 heavy (non-hydrogen) atoms. The molecule has 0 bridgehead atoms. The monoisotopic (exact) mass is 320 g/mol. The molecular weight excluding hydrogens is 304 g/mol. The van der Waals surface area contributed by atoms with Crippen LogP contribution in [0.1, 0.15) is 11.6 Å². The lowest BCUT2D eigenvalue weighted by Crippen LogP contribution is -2.46. The van der Waals surface area contributed by atoms with Crippen LogP contribution in [-0.4, -0.2) is 42.8 Å². The minimum absolute atomic E-state index is 0. The molecule has 0 unspecified atom stereocenters. The quantitative estimate of drug-likeness (QED) is 0.891. The van der Waals surface area contributed by atoms with Crippen molar-refractivity contribution in [3.05, 3.63) is 34.3 Å². The summed E-state index contributed by atoms with van der Waals surface area (Å²) in [6.45, 7) is 4.20. The Labute approximate surface area is 117 Å². The largest absolute Gasteiger partial charge is 0.394 e. The van der Waals surface area contributed by atoms with E-state index in [0.717, 1.165) is 30.7 Å². The molecule has 1 aliphatic rings. The number of aliphatic hydroxyl groups excluding tert-OH is 1. The average Bonchev–Trinajstić information content (AvgIpc) is 2.34. The molecule has 0 radical (unpaired) electrons. The fourth-order valence-corrected chi connectivity index (χ4v) is 2.37. The Hall–Kier alpha value is -0.130. The fraction of sp³-hybridized carbons (Fsp3) is 0.500. The molecule has 1 heterocycles. The summed E-state index contributed by atoms with van der Waals surface area (Å²) in [6.07, 6.45) is 0. The Balaban J connectivity index is 0.00000144. The Morgan fingerprint density at radius 1 is 1.24 bits per heavy atom. The predicted octanol–water partition coefficient (Wildman–Crippen LogP) is 1.81. The summed E-state index contributed by atoms with van der Waals surface area (Å²) < 4.78 is 1.08. The van der Waals surface area contributed by atoms with E-state index in [1.54, 1.807) is 0 Å². The zero-order chi connectivity index (χ0) is 11.4. The summed E-state index contributed by atoms with van der Waals surface area (Å²) in [5.41, 5.74) is 1.19. The summed E-state index contributed by atoms with van der Waals surface area (Å²) in [7, 11) is 0. The third kappa shape index (κ3) is 3.93. The summed E-state index contributed by atoms with van der Waals surface area (Å²) in [4.78, 5) is 2.33. The van der Waals surface area contributed by atoms with E-state index in [4.69, 9.17) is 0 Å². The lowest BCUT2D eigenvalue weighted by atomic mass is 10.1. The van der Waals surface area contributed by atoms with E-state index < -0.39 is 0 Å². The molecule has 1 aromatic rings. The van der Waals surface area contributed by atoms with Crippen LogP contribution in [0.5, 0.6) is 0 Å². The van der Waals surface area contributed by atoms with E-state index in [2.05, 4.69) is 38.3 Å². The smallest absolute Gasteiger partial charge is 0.0628 e. The number of halogens is 2. The van der Waals surface area contributed by atoms with E-state index in [0.29, 0.717) is 0 Å². The summed E-state index contributed by atoms with van der Waals surface area (Å²) >= 11 is 3.43. The van der Waals surface area contributed by atoms with Crippen molar-refractivity contribution in [1.29, 1.82) is 0 Å². The molecule has 1 saturated heterocycles. The summed E-state index contributed by atoms with van der Waals surface area (Å²) in [5, 5.41) is 12.9. The van der Waals surface area contributed by atoms with Gasteiger partial charge in [0.25, 0.3) is 0 Å². The van der Waals surface area contributed by atoms with Crippen molar-refractivity contribution in [2.45, 2.75) is 6.04 Å². The molecule has 0 spiro atoms. The van der Waals surface area contributed by atoms with Gasteiger partial charge in [0, 0.05) is 30.7 Å². The highest BCUT2D eigenvalue weighted by atomic mass is 79.9. The predicted molar refractivity (Wildman–Crippen MR) is 75.7 cm³/mol. The minimum Gasteiger partial charge on any atom is -0.394 e. The van der Waals surface area contributed by atoms with E-state index in [-0.39, 0.29) is 25.1 Å². The van der Waals surface area contributed by atoms with Crippen LogP contribution in [0.25, 0.3) is 0 Å². The van der Waals surface area contributed by atoms with Crippen LogP contribution in [0.3, 0.4) is 0 Å². The first-order chi connectivity index (χ1) is 7.81. The number of hydrogen-bond acceptors (Lipinski definition) is 3. The second-order valence-corrected chi connectivity index (χ2v) is 4.95. The summed E-state index contributed by atoms with van der Waals surface area (Å²) in [6, 6.07) is 8.34. The maximum atomic E-state index is 9.53. The molecule has 1 aliphatic heterocycles. The third-order valence-electron chi connectivity index (χ3n) is 3.02. The zero-order valence-electron chi connectivity index (χ0n) is 9.60. The normalized spacial score (nSPS) is 18.5. The Morgan fingerprint density at radius 2 is 1.82 bits per heavy atom. The highest BCUT2D eigenvalue weighted by molar-refractivity contribution is 9.10. The Kier molecular flexibility index (Phi) is 6.44. The van der Waals surface area contributed by atoms with Gasteiger partial charge >= 0.3 is 0 Å². The Bertz CT molecular complexity index is 328.